The Balaban J connectivity index is 2.89. The Hall–Kier alpha value is -1.07. The quantitative estimate of drug-likeness (QED) is 0.773. The van der Waals surface area contributed by atoms with Crippen LogP contribution in [0.3, 0.4) is 0 Å². The Bertz CT molecular complexity index is 451. The average molecular weight is 344 g/mol. The predicted octanol–water partition coefficient (Wildman–Crippen LogP) is 3.06. The molecule has 0 radical (unpaired) electrons. The Morgan fingerprint density at radius 3 is 2.70 bits per heavy atom. The summed E-state index contributed by atoms with van der Waals surface area (Å²) in [5, 5.41) is 0. The number of halogens is 1. The van der Waals surface area contributed by atoms with Crippen molar-refractivity contribution in [3.05, 3.63) is 28.2 Å². The van der Waals surface area contributed by atoms with Crippen LogP contribution in [0, 0.1) is 0 Å². The fourth-order valence-electron chi connectivity index (χ4n) is 1.76. The van der Waals surface area contributed by atoms with Crippen LogP contribution in [-0.2, 0) is 16.0 Å². The number of carbonyl (C=O) groups is 1. The number of ether oxygens (including phenoxy) is 2. The van der Waals surface area contributed by atoms with E-state index in [9.17, 15) is 4.79 Å². The Kier molecular flexibility index (Phi) is 7.02. The van der Waals surface area contributed by atoms with Gasteiger partial charge in [0.25, 0.3) is 0 Å². The molecule has 2 unspecified atom stereocenters. The lowest BCUT2D eigenvalue weighted by molar-refractivity contribution is -0.150. The van der Waals surface area contributed by atoms with E-state index in [1.54, 1.807) is 13.8 Å². The van der Waals surface area contributed by atoms with Crippen LogP contribution >= 0.6 is 15.9 Å². The van der Waals surface area contributed by atoms with Gasteiger partial charge in [0.05, 0.1) is 11.1 Å². The van der Waals surface area contributed by atoms with Gasteiger partial charge in [-0.25, -0.2) is 4.79 Å². The summed E-state index contributed by atoms with van der Waals surface area (Å²) in [5.41, 5.74) is 6.99. The lowest BCUT2D eigenvalue weighted by Crippen LogP contribution is -2.27. The summed E-state index contributed by atoms with van der Waals surface area (Å²) in [7, 11) is 0. The molecule has 0 fully saturated rings. The van der Waals surface area contributed by atoms with Crippen molar-refractivity contribution in [2.24, 2.45) is 5.73 Å². The first-order chi connectivity index (χ1) is 9.49. The van der Waals surface area contributed by atoms with Crippen molar-refractivity contribution in [2.75, 3.05) is 6.61 Å². The average Bonchev–Trinajstić information content (AvgIpc) is 2.42. The van der Waals surface area contributed by atoms with Crippen LogP contribution in [0.5, 0.6) is 5.75 Å². The summed E-state index contributed by atoms with van der Waals surface area (Å²) in [5.74, 6) is 0.297. The minimum Gasteiger partial charge on any atom is -0.478 e. The zero-order chi connectivity index (χ0) is 15.1. The van der Waals surface area contributed by atoms with E-state index >= 15 is 0 Å². The van der Waals surface area contributed by atoms with E-state index in [2.05, 4.69) is 15.9 Å². The highest BCUT2D eigenvalue weighted by Crippen LogP contribution is 2.31. The van der Waals surface area contributed by atoms with Gasteiger partial charge < -0.3 is 15.2 Å². The van der Waals surface area contributed by atoms with E-state index in [-0.39, 0.29) is 12.0 Å². The maximum atomic E-state index is 11.7. The van der Waals surface area contributed by atoms with Gasteiger partial charge in [-0.15, -0.1) is 0 Å². The van der Waals surface area contributed by atoms with E-state index in [0.29, 0.717) is 18.8 Å². The van der Waals surface area contributed by atoms with Crippen molar-refractivity contribution in [1.82, 2.24) is 0 Å². The lowest BCUT2D eigenvalue weighted by atomic mass is 10.0. The van der Waals surface area contributed by atoms with Crippen molar-refractivity contribution in [1.29, 1.82) is 0 Å². The molecule has 0 aliphatic carbocycles. The summed E-state index contributed by atoms with van der Waals surface area (Å²) in [6.45, 7) is 5.84. The van der Waals surface area contributed by atoms with E-state index in [4.69, 9.17) is 15.2 Å². The zero-order valence-corrected chi connectivity index (χ0v) is 13.8. The summed E-state index contributed by atoms with van der Waals surface area (Å²) in [6.07, 6.45) is 0.950. The monoisotopic (exact) mass is 343 g/mol. The fourth-order valence-corrected chi connectivity index (χ4v) is 2.26. The van der Waals surface area contributed by atoms with Crippen LogP contribution in [0.25, 0.3) is 0 Å². The molecule has 2 N–H and O–H groups in total. The lowest BCUT2D eigenvalue weighted by Gasteiger charge is -2.19. The molecule has 20 heavy (non-hydrogen) atoms. The number of para-hydroxylation sites is 1. The Morgan fingerprint density at radius 1 is 1.40 bits per heavy atom. The van der Waals surface area contributed by atoms with Crippen LogP contribution in [0.4, 0.5) is 0 Å². The van der Waals surface area contributed by atoms with Gasteiger partial charge in [0, 0.05) is 6.04 Å². The third kappa shape index (κ3) is 4.80. The molecule has 4 nitrogen and oxygen atoms in total. The third-order valence-corrected chi connectivity index (χ3v) is 3.59. The largest absolute Gasteiger partial charge is 0.478 e. The molecule has 112 valence electrons. The molecule has 0 bridgehead atoms. The second-order valence-electron chi connectivity index (χ2n) is 4.61. The number of nitrogens with two attached hydrogens (primary N) is 1. The SMILES string of the molecule is CCOC(=O)C(C)Oc1c(Br)cccc1CC(N)CC. The van der Waals surface area contributed by atoms with Crippen LogP contribution < -0.4 is 10.5 Å². The molecule has 1 aromatic rings. The van der Waals surface area contributed by atoms with Crippen molar-refractivity contribution in [3.63, 3.8) is 0 Å². The second-order valence-corrected chi connectivity index (χ2v) is 5.47. The zero-order valence-electron chi connectivity index (χ0n) is 12.2. The van der Waals surface area contributed by atoms with Gasteiger partial charge in [-0.1, -0.05) is 19.1 Å². The van der Waals surface area contributed by atoms with E-state index in [0.717, 1.165) is 16.5 Å². The van der Waals surface area contributed by atoms with E-state index < -0.39 is 6.10 Å². The summed E-state index contributed by atoms with van der Waals surface area (Å²) < 4.78 is 11.5. The van der Waals surface area contributed by atoms with Gasteiger partial charge in [-0.05, 0) is 54.2 Å². The highest BCUT2D eigenvalue weighted by Gasteiger charge is 2.19. The van der Waals surface area contributed by atoms with Crippen LogP contribution in [0.1, 0.15) is 32.8 Å². The third-order valence-electron chi connectivity index (χ3n) is 2.97. The number of esters is 1. The topological polar surface area (TPSA) is 61.5 Å². The highest BCUT2D eigenvalue weighted by molar-refractivity contribution is 9.10. The molecule has 1 aromatic carbocycles. The fraction of sp³-hybridized carbons (Fsp3) is 0.533. The van der Waals surface area contributed by atoms with Gasteiger partial charge in [0.15, 0.2) is 6.10 Å². The molecule has 2 atom stereocenters. The van der Waals surface area contributed by atoms with Crippen LogP contribution in [0.2, 0.25) is 0 Å². The number of hydrogen-bond donors (Lipinski definition) is 1. The van der Waals surface area contributed by atoms with E-state index in [1.165, 1.54) is 0 Å². The molecular weight excluding hydrogens is 322 g/mol. The smallest absolute Gasteiger partial charge is 0.347 e. The van der Waals surface area contributed by atoms with Crippen molar-refractivity contribution in [2.45, 2.75) is 45.8 Å². The predicted molar refractivity (Wildman–Crippen MR) is 82.8 cm³/mol. The first-order valence-corrected chi connectivity index (χ1v) is 7.65. The molecule has 0 saturated heterocycles. The molecule has 0 heterocycles. The molecule has 1 rings (SSSR count). The van der Waals surface area contributed by atoms with Crippen molar-refractivity contribution in [3.8, 4) is 5.75 Å². The summed E-state index contributed by atoms with van der Waals surface area (Å²) in [4.78, 5) is 11.7. The Morgan fingerprint density at radius 2 is 2.10 bits per heavy atom. The molecular formula is C15H22BrNO3. The molecule has 0 amide bonds. The first-order valence-electron chi connectivity index (χ1n) is 6.85. The number of carbonyl (C=O) groups excluding carboxylic acids is 1. The minimum atomic E-state index is -0.648. The van der Waals surface area contributed by atoms with Gasteiger partial charge in [-0.3, -0.25) is 0 Å². The van der Waals surface area contributed by atoms with E-state index in [1.807, 2.05) is 25.1 Å². The van der Waals surface area contributed by atoms with Gasteiger partial charge in [0.1, 0.15) is 5.75 Å². The summed E-state index contributed by atoms with van der Waals surface area (Å²) >= 11 is 3.46. The van der Waals surface area contributed by atoms with Gasteiger partial charge >= 0.3 is 5.97 Å². The second kappa shape index (κ2) is 8.27. The maximum Gasteiger partial charge on any atom is 0.347 e. The number of benzene rings is 1. The number of hydrogen-bond acceptors (Lipinski definition) is 4. The molecule has 0 aromatic heterocycles. The van der Waals surface area contributed by atoms with Crippen LogP contribution in [-0.4, -0.2) is 24.7 Å². The highest BCUT2D eigenvalue weighted by atomic mass is 79.9. The minimum absolute atomic E-state index is 0.0737. The number of rotatable bonds is 7. The molecule has 0 saturated carbocycles. The van der Waals surface area contributed by atoms with Gasteiger partial charge in [-0.2, -0.15) is 0 Å². The molecule has 5 heteroatoms. The molecule has 0 aliphatic rings. The van der Waals surface area contributed by atoms with Gasteiger partial charge in [0.2, 0.25) is 0 Å². The standard InChI is InChI=1S/C15H22BrNO3/c1-4-12(17)9-11-7-6-8-13(16)14(11)20-10(3)15(18)19-5-2/h6-8,10,12H,4-5,9,17H2,1-3H3. The first kappa shape index (κ1) is 17.0. The molecule has 0 spiro atoms. The Labute approximate surface area is 128 Å². The normalized spacial score (nSPS) is 13.7. The van der Waals surface area contributed by atoms with Crippen LogP contribution in [0.15, 0.2) is 22.7 Å². The molecule has 0 aliphatic heterocycles. The van der Waals surface area contributed by atoms with Crippen molar-refractivity contribution >= 4 is 21.9 Å². The maximum absolute atomic E-state index is 11.7. The summed E-state index contributed by atoms with van der Waals surface area (Å²) in [6, 6.07) is 5.86. The van der Waals surface area contributed by atoms with Crippen molar-refractivity contribution < 1.29 is 14.3 Å².